The minimum absolute atomic E-state index is 0.00465. The Morgan fingerprint density at radius 3 is 2.50 bits per heavy atom. The van der Waals surface area contributed by atoms with Crippen LogP contribution in [0.25, 0.3) is 10.4 Å². The third-order valence-corrected chi connectivity index (χ3v) is 6.48. The number of hydrogen-bond acceptors (Lipinski definition) is 6. The first-order valence-electron chi connectivity index (χ1n) is 9.45. The molecule has 0 saturated carbocycles. The first kappa shape index (κ1) is 25.1. The molecule has 2 aromatic carbocycles. The molecule has 0 bridgehead atoms. The van der Waals surface area contributed by atoms with Gasteiger partial charge < -0.3 is 5.32 Å². The minimum Gasteiger partial charge on any atom is -0.325 e. The van der Waals surface area contributed by atoms with Gasteiger partial charge in [0, 0.05) is 24.8 Å². The molecule has 178 valence electrons. The van der Waals surface area contributed by atoms with E-state index in [4.69, 9.17) is 5.26 Å². The van der Waals surface area contributed by atoms with Crippen LogP contribution in [-0.4, -0.2) is 31.4 Å². The highest BCUT2D eigenvalue weighted by atomic mass is 32.2. The van der Waals surface area contributed by atoms with Crippen LogP contribution in [0.2, 0.25) is 0 Å². The molecular formula is C20H16F4N6O2S2. The molecule has 1 aromatic heterocycles. The van der Waals surface area contributed by atoms with Crippen molar-refractivity contribution in [3.05, 3.63) is 65.6 Å². The molecule has 1 heterocycles. The lowest BCUT2D eigenvalue weighted by Crippen LogP contribution is -2.37. The Hall–Kier alpha value is -3.54. The SMILES string of the molecule is N#CNC(=Nc1ccccc1F)Nc1ccc(-c2cnc(CCNS(=O)(=O)C(F)(F)F)s2)cc1. The van der Waals surface area contributed by atoms with Gasteiger partial charge in [-0.05, 0) is 29.8 Å². The fourth-order valence-corrected chi connectivity index (χ4v) is 4.05. The Bertz CT molecular complexity index is 1320. The van der Waals surface area contributed by atoms with Crippen LogP contribution in [0.15, 0.2) is 59.7 Å². The van der Waals surface area contributed by atoms with E-state index in [2.05, 4.69) is 20.6 Å². The lowest BCUT2D eigenvalue weighted by Gasteiger charge is -2.09. The number of benzene rings is 2. The second kappa shape index (κ2) is 10.6. The van der Waals surface area contributed by atoms with Crippen molar-refractivity contribution in [2.24, 2.45) is 4.99 Å². The van der Waals surface area contributed by atoms with Crippen molar-refractivity contribution in [2.45, 2.75) is 11.9 Å². The number of nitrogens with one attached hydrogen (secondary N) is 3. The van der Waals surface area contributed by atoms with Crippen LogP contribution in [0.4, 0.5) is 28.9 Å². The van der Waals surface area contributed by atoms with Crippen LogP contribution in [0, 0.1) is 17.3 Å². The average molecular weight is 513 g/mol. The molecule has 0 amide bonds. The van der Waals surface area contributed by atoms with E-state index in [9.17, 15) is 26.0 Å². The molecule has 14 heteroatoms. The Morgan fingerprint density at radius 1 is 1.15 bits per heavy atom. The van der Waals surface area contributed by atoms with Gasteiger partial charge in [-0.15, -0.1) is 11.3 Å². The Morgan fingerprint density at radius 2 is 1.85 bits per heavy atom. The maximum Gasteiger partial charge on any atom is 0.511 e. The van der Waals surface area contributed by atoms with Crippen molar-refractivity contribution in [1.82, 2.24) is 15.0 Å². The second-order valence-electron chi connectivity index (χ2n) is 6.56. The van der Waals surface area contributed by atoms with Gasteiger partial charge in [0.15, 0.2) is 6.19 Å². The van der Waals surface area contributed by atoms with E-state index in [0.29, 0.717) is 10.7 Å². The first-order valence-corrected chi connectivity index (χ1v) is 11.8. The number of nitrogens with zero attached hydrogens (tertiary/aromatic N) is 3. The van der Waals surface area contributed by atoms with Crippen LogP contribution >= 0.6 is 11.3 Å². The number of guanidine groups is 1. The molecule has 0 saturated heterocycles. The highest BCUT2D eigenvalue weighted by Crippen LogP contribution is 2.28. The second-order valence-corrected chi connectivity index (χ2v) is 9.44. The highest BCUT2D eigenvalue weighted by Gasteiger charge is 2.45. The molecule has 0 fully saturated rings. The van der Waals surface area contributed by atoms with Crippen molar-refractivity contribution < 1.29 is 26.0 Å². The van der Waals surface area contributed by atoms with Crippen LogP contribution < -0.4 is 15.4 Å². The maximum absolute atomic E-state index is 13.8. The van der Waals surface area contributed by atoms with Gasteiger partial charge in [0.2, 0.25) is 5.96 Å². The van der Waals surface area contributed by atoms with E-state index in [1.165, 1.54) is 40.5 Å². The summed E-state index contributed by atoms with van der Waals surface area (Å²) in [6.45, 7) is -0.437. The molecule has 34 heavy (non-hydrogen) atoms. The van der Waals surface area contributed by atoms with Gasteiger partial charge in [0.25, 0.3) is 0 Å². The van der Waals surface area contributed by atoms with Crippen molar-refractivity contribution in [2.75, 3.05) is 11.9 Å². The molecular weight excluding hydrogens is 496 g/mol. The molecule has 0 aliphatic rings. The Balaban J connectivity index is 1.65. The van der Waals surface area contributed by atoms with Gasteiger partial charge in [0.05, 0.1) is 9.88 Å². The summed E-state index contributed by atoms with van der Waals surface area (Å²) in [5.41, 5.74) is -4.02. The van der Waals surface area contributed by atoms with Crippen molar-refractivity contribution in [3.63, 3.8) is 0 Å². The fourth-order valence-electron chi connectivity index (χ4n) is 2.59. The molecule has 0 aliphatic heterocycles. The number of anilines is 1. The summed E-state index contributed by atoms with van der Waals surface area (Å²) >= 11 is 1.21. The number of aromatic nitrogens is 1. The molecule has 3 aromatic rings. The smallest absolute Gasteiger partial charge is 0.325 e. The van der Waals surface area contributed by atoms with Gasteiger partial charge in [0.1, 0.15) is 11.5 Å². The highest BCUT2D eigenvalue weighted by molar-refractivity contribution is 7.90. The number of nitriles is 1. The van der Waals surface area contributed by atoms with E-state index >= 15 is 0 Å². The van der Waals surface area contributed by atoms with E-state index in [1.54, 1.807) is 36.5 Å². The summed E-state index contributed by atoms with van der Waals surface area (Å²) in [4.78, 5) is 8.89. The first-order chi connectivity index (χ1) is 16.1. The van der Waals surface area contributed by atoms with Crippen molar-refractivity contribution >= 4 is 38.7 Å². The van der Waals surface area contributed by atoms with Crippen LogP contribution in [0.3, 0.4) is 0 Å². The van der Waals surface area contributed by atoms with Gasteiger partial charge in [-0.3, -0.25) is 5.32 Å². The number of alkyl halides is 3. The molecule has 3 N–H and O–H groups in total. The summed E-state index contributed by atoms with van der Waals surface area (Å²) in [5, 5.41) is 14.6. The van der Waals surface area contributed by atoms with E-state index in [0.717, 1.165) is 10.4 Å². The summed E-state index contributed by atoms with van der Waals surface area (Å²) in [6.07, 6.45) is 3.25. The number of halogens is 4. The van der Waals surface area contributed by atoms with E-state index in [-0.39, 0.29) is 18.1 Å². The zero-order chi connectivity index (χ0) is 24.8. The number of para-hydroxylation sites is 1. The monoisotopic (exact) mass is 512 g/mol. The Kier molecular flexibility index (Phi) is 7.82. The predicted octanol–water partition coefficient (Wildman–Crippen LogP) is 4.10. The lowest BCUT2D eigenvalue weighted by atomic mass is 10.2. The number of rotatable bonds is 7. The number of hydrogen-bond donors (Lipinski definition) is 3. The van der Waals surface area contributed by atoms with Gasteiger partial charge in [-0.2, -0.15) is 18.4 Å². The van der Waals surface area contributed by atoms with E-state index in [1.807, 2.05) is 0 Å². The third kappa shape index (κ3) is 6.50. The topological polar surface area (TPSA) is 119 Å². The Labute approximate surface area is 196 Å². The number of sulfonamides is 1. The zero-order valence-corrected chi connectivity index (χ0v) is 18.7. The number of thiazole rings is 1. The van der Waals surface area contributed by atoms with Crippen LogP contribution in [0.1, 0.15) is 5.01 Å². The average Bonchev–Trinajstić information content (AvgIpc) is 3.24. The third-order valence-electron chi connectivity index (χ3n) is 4.18. The minimum atomic E-state index is -5.39. The lowest BCUT2D eigenvalue weighted by molar-refractivity contribution is -0.0447. The van der Waals surface area contributed by atoms with Crippen LogP contribution in [0.5, 0.6) is 0 Å². The normalized spacial score (nSPS) is 12.3. The molecule has 3 rings (SSSR count). The molecule has 0 unspecified atom stereocenters. The summed E-state index contributed by atoms with van der Waals surface area (Å²) in [7, 11) is -5.39. The molecule has 8 nitrogen and oxygen atoms in total. The molecule has 0 spiro atoms. The quantitative estimate of drug-likeness (QED) is 0.144. The largest absolute Gasteiger partial charge is 0.511 e. The molecule has 0 atom stereocenters. The van der Waals surface area contributed by atoms with Crippen LogP contribution in [-0.2, 0) is 16.4 Å². The van der Waals surface area contributed by atoms with Gasteiger partial charge in [-0.1, -0.05) is 24.3 Å². The predicted molar refractivity (Wildman–Crippen MR) is 120 cm³/mol. The van der Waals surface area contributed by atoms with Crippen molar-refractivity contribution in [3.8, 4) is 16.6 Å². The standard InChI is InChI=1S/C20H16F4N6O2S2/c21-15-3-1-2-4-16(15)30-19(27-12-25)29-14-7-5-13(6-8-14)17-11-26-18(33-17)9-10-28-34(31,32)20(22,23)24/h1-8,11,28H,9-10H2,(H2,27,29,30). The molecule has 0 radical (unpaired) electrons. The summed E-state index contributed by atoms with van der Waals surface area (Å²) in [6, 6.07) is 12.7. The summed E-state index contributed by atoms with van der Waals surface area (Å²) < 4.78 is 74.4. The van der Waals surface area contributed by atoms with E-state index < -0.39 is 27.9 Å². The summed E-state index contributed by atoms with van der Waals surface area (Å²) in [5.74, 6) is -0.536. The van der Waals surface area contributed by atoms with Gasteiger partial charge >= 0.3 is 15.5 Å². The zero-order valence-electron chi connectivity index (χ0n) is 17.1. The fraction of sp³-hybridized carbons (Fsp3) is 0.150. The maximum atomic E-state index is 13.8. The van der Waals surface area contributed by atoms with Crippen molar-refractivity contribution in [1.29, 1.82) is 5.26 Å². The molecule has 0 aliphatic carbocycles. The number of aliphatic imine (C=N–C) groups is 1. The van der Waals surface area contributed by atoms with Gasteiger partial charge in [-0.25, -0.2) is 27.5 Å².